The molecular formula is C13H11FN2O. The topological polar surface area (TPSA) is 31.0 Å². The van der Waals surface area contributed by atoms with Gasteiger partial charge in [-0.3, -0.25) is 0 Å². The van der Waals surface area contributed by atoms with E-state index < -0.39 is 0 Å². The first-order chi connectivity index (χ1) is 8.24. The number of aromatic nitrogens is 2. The summed E-state index contributed by atoms with van der Waals surface area (Å²) in [6.45, 7) is 2.44. The van der Waals surface area contributed by atoms with Crippen molar-refractivity contribution in [3.63, 3.8) is 0 Å². The molecule has 3 rings (SSSR count). The van der Waals surface area contributed by atoms with Gasteiger partial charge in [-0.05, 0) is 25.1 Å². The van der Waals surface area contributed by atoms with Crippen molar-refractivity contribution in [1.29, 1.82) is 0 Å². The fourth-order valence-corrected chi connectivity index (χ4v) is 1.98. The van der Waals surface area contributed by atoms with E-state index in [2.05, 4.69) is 5.16 Å². The Hall–Kier alpha value is -2.10. The molecule has 17 heavy (non-hydrogen) atoms. The van der Waals surface area contributed by atoms with Crippen molar-refractivity contribution in [1.82, 2.24) is 9.72 Å². The van der Waals surface area contributed by atoms with E-state index in [4.69, 9.17) is 4.52 Å². The number of nitrogens with zero attached hydrogens (tertiary/aromatic N) is 2. The summed E-state index contributed by atoms with van der Waals surface area (Å²) in [5, 5.41) is 4.46. The summed E-state index contributed by atoms with van der Waals surface area (Å²) in [6, 6.07) is 8.71. The highest BCUT2D eigenvalue weighted by Crippen LogP contribution is 2.20. The molecular weight excluding hydrogens is 219 g/mol. The Balaban J connectivity index is 2.04. The lowest BCUT2D eigenvalue weighted by molar-refractivity contribution is 0.374. The van der Waals surface area contributed by atoms with Gasteiger partial charge in [0.1, 0.15) is 5.82 Å². The summed E-state index contributed by atoms with van der Waals surface area (Å²) in [5.41, 5.74) is 1.71. The summed E-state index contributed by atoms with van der Waals surface area (Å²) in [7, 11) is 0. The predicted molar refractivity (Wildman–Crippen MR) is 62.2 cm³/mol. The number of halogens is 1. The van der Waals surface area contributed by atoms with Crippen molar-refractivity contribution in [2.24, 2.45) is 0 Å². The minimum atomic E-state index is -0.199. The normalized spacial score (nSPS) is 11.2. The molecule has 0 fully saturated rings. The van der Waals surface area contributed by atoms with Crippen LogP contribution in [-0.2, 0) is 6.54 Å². The van der Waals surface area contributed by atoms with Gasteiger partial charge in [0.2, 0.25) is 0 Å². The largest absolute Gasteiger partial charge is 0.359 e. The molecule has 4 heteroatoms. The maximum Gasteiger partial charge on any atom is 0.156 e. The Morgan fingerprint density at radius 1 is 1.35 bits per heavy atom. The van der Waals surface area contributed by atoms with Gasteiger partial charge in [-0.15, -0.1) is 0 Å². The Morgan fingerprint density at radius 2 is 2.24 bits per heavy atom. The van der Waals surface area contributed by atoms with Crippen molar-refractivity contribution in [3.05, 3.63) is 53.8 Å². The molecule has 2 heterocycles. The zero-order chi connectivity index (χ0) is 11.8. The molecule has 0 aliphatic heterocycles. The number of aryl methyl sites for hydroxylation is 1. The lowest BCUT2D eigenvalue weighted by atomic mass is 10.2. The van der Waals surface area contributed by atoms with Gasteiger partial charge in [-0.2, -0.15) is 0 Å². The van der Waals surface area contributed by atoms with Gasteiger partial charge >= 0.3 is 0 Å². The Kier molecular flexibility index (Phi) is 2.21. The maximum absolute atomic E-state index is 13.5. The highest BCUT2D eigenvalue weighted by atomic mass is 19.1. The SMILES string of the molecule is Cc1cc(Cn2ccc3c(F)cccc32)on1. The molecule has 0 bridgehead atoms. The summed E-state index contributed by atoms with van der Waals surface area (Å²) >= 11 is 0. The van der Waals surface area contributed by atoms with E-state index in [1.807, 2.05) is 29.8 Å². The highest BCUT2D eigenvalue weighted by molar-refractivity contribution is 5.80. The molecule has 0 N–H and O–H groups in total. The average Bonchev–Trinajstić information content (AvgIpc) is 2.88. The molecule has 0 spiro atoms. The first-order valence-corrected chi connectivity index (χ1v) is 5.39. The molecule has 0 saturated carbocycles. The van der Waals surface area contributed by atoms with E-state index in [0.29, 0.717) is 11.9 Å². The number of benzene rings is 1. The van der Waals surface area contributed by atoms with E-state index in [-0.39, 0.29) is 5.82 Å². The van der Waals surface area contributed by atoms with Crippen LogP contribution in [0, 0.1) is 12.7 Å². The molecule has 0 atom stereocenters. The van der Waals surface area contributed by atoms with E-state index in [1.165, 1.54) is 6.07 Å². The van der Waals surface area contributed by atoms with Gasteiger partial charge in [-0.25, -0.2) is 4.39 Å². The van der Waals surface area contributed by atoms with Crippen LogP contribution < -0.4 is 0 Å². The van der Waals surface area contributed by atoms with Crippen molar-refractivity contribution < 1.29 is 8.91 Å². The number of hydrogen-bond acceptors (Lipinski definition) is 2. The summed E-state index contributed by atoms with van der Waals surface area (Å²) in [5.74, 6) is 0.569. The number of rotatable bonds is 2. The molecule has 2 aromatic heterocycles. The fourth-order valence-electron chi connectivity index (χ4n) is 1.98. The summed E-state index contributed by atoms with van der Waals surface area (Å²) < 4.78 is 20.6. The molecule has 0 aliphatic rings. The average molecular weight is 230 g/mol. The van der Waals surface area contributed by atoms with Gasteiger partial charge in [0.15, 0.2) is 5.76 Å². The van der Waals surface area contributed by atoms with Crippen LogP contribution in [0.4, 0.5) is 4.39 Å². The third-order valence-corrected chi connectivity index (χ3v) is 2.76. The van der Waals surface area contributed by atoms with Crippen LogP contribution in [0.3, 0.4) is 0 Å². The quantitative estimate of drug-likeness (QED) is 0.677. The van der Waals surface area contributed by atoms with Crippen molar-refractivity contribution in [3.8, 4) is 0 Å². The van der Waals surface area contributed by atoms with Crippen LogP contribution >= 0.6 is 0 Å². The monoisotopic (exact) mass is 230 g/mol. The molecule has 0 amide bonds. The minimum Gasteiger partial charge on any atom is -0.359 e. The molecule has 0 radical (unpaired) electrons. The second kappa shape index (κ2) is 3.73. The molecule has 86 valence electrons. The van der Waals surface area contributed by atoms with E-state index in [9.17, 15) is 4.39 Å². The first-order valence-electron chi connectivity index (χ1n) is 5.39. The van der Waals surface area contributed by atoms with Gasteiger partial charge in [0, 0.05) is 17.6 Å². The molecule has 3 nitrogen and oxygen atoms in total. The zero-order valence-corrected chi connectivity index (χ0v) is 9.35. The molecule has 3 aromatic rings. The fraction of sp³-hybridized carbons (Fsp3) is 0.154. The van der Waals surface area contributed by atoms with E-state index in [0.717, 1.165) is 17.0 Å². The second-order valence-electron chi connectivity index (χ2n) is 4.05. The van der Waals surface area contributed by atoms with Crippen molar-refractivity contribution in [2.45, 2.75) is 13.5 Å². The summed E-state index contributed by atoms with van der Waals surface area (Å²) in [4.78, 5) is 0. The minimum absolute atomic E-state index is 0.199. The van der Waals surface area contributed by atoms with Gasteiger partial charge < -0.3 is 9.09 Å². The maximum atomic E-state index is 13.5. The van der Waals surface area contributed by atoms with E-state index in [1.54, 1.807) is 12.1 Å². The Labute approximate surface area is 97.5 Å². The third-order valence-electron chi connectivity index (χ3n) is 2.76. The second-order valence-corrected chi connectivity index (χ2v) is 4.05. The third kappa shape index (κ3) is 1.71. The lowest BCUT2D eigenvalue weighted by Crippen LogP contribution is -1.96. The van der Waals surface area contributed by atoms with E-state index >= 15 is 0 Å². The van der Waals surface area contributed by atoms with Gasteiger partial charge in [-0.1, -0.05) is 11.2 Å². The predicted octanol–water partition coefficient (Wildman–Crippen LogP) is 3.13. The highest BCUT2D eigenvalue weighted by Gasteiger charge is 2.07. The first kappa shape index (κ1) is 10.1. The smallest absolute Gasteiger partial charge is 0.156 e. The molecule has 0 aliphatic carbocycles. The van der Waals surface area contributed by atoms with Crippen LogP contribution in [0.1, 0.15) is 11.5 Å². The zero-order valence-electron chi connectivity index (χ0n) is 9.35. The standard InChI is InChI=1S/C13H11FN2O/c1-9-7-10(17-15-9)8-16-6-5-11-12(14)3-2-4-13(11)16/h2-7H,8H2,1H3. The Bertz CT molecular complexity index is 669. The van der Waals surface area contributed by atoms with Crippen molar-refractivity contribution in [2.75, 3.05) is 0 Å². The van der Waals surface area contributed by atoms with Gasteiger partial charge in [0.05, 0.1) is 17.8 Å². The molecule has 0 saturated heterocycles. The van der Waals surface area contributed by atoms with Crippen LogP contribution in [0.25, 0.3) is 10.9 Å². The number of hydrogen-bond donors (Lipinski definition) is 0. The number of fused-ring (bicyclic) bond motifs is 1. The molecule has 0 unspecified atom stereocenters. The van der Waals surface area contributed by atoms with Crippen LogP contribution in [-0.4, -0.2) is 9.72 Å². The van der Waals surface area contributed by atoms with Crippen LogP contribution in [0.2, 0.25) is 0 Å². The van der Waals surface area contributed by atoms with Crippen LogP contribution in [0.5, 0.6) is 0 Å². The van der Waals surface area contributed by atoms with Crippen molar-refractivity contribution >= 4 is 10.9 Å². The van der Waals surface area contributed by atoms with Crippen LogP contribution in [0.15, 0.2) is 41.1 Å². The summed E-state index contributed by atoms with van der Waals surface area (Å²) in [6.07, 6.45) is 1.85. The molecule has 1 aromatic carbocycles. The Morgan fingerprint density at radius 3 is 3.00 bits per heavy atom. The van der Waals surface area contributed by atoms with Gasteiger partial charge in [0.25, 0.3) is 0 Å². The lowest BCUT2D eigenvalue weighted by Gasteiger charge is -2.01.